The fourth-order valence-corrected chi connectivity index (χ4v) is 5.43. The molecule has 0 aromatic heterocycles. The van der Waals surface area contributed by atoms with E-state index in [-0.39, 0.29) is 11.9 Å². The average Bonchev–Trinajstić information content (AvgIpc) is 3.37. The van der Waals surface area contributed by atoms with Gasteiger partial charge in [-0.15, -0.1) is 0 Å². The Bertz CT molecular complexity index is 1100. The van der Waals surface area contributed by atoms with Gasteiger partial charge in [0.2, 0.25) is 11.5 Å². The highest BCUT2D eigenvalue weighted by Gasteiger charge is 2.51. The van der Waals surface area contributed by atoms with E-state index in [0.717, 1.165) is 12.8 Å². The van der Waals surface area contributed by atoms with E-state index in [4.69, 9.17) is 15.9 Å². The molecule has 0 aliphatic carbocycles. The fourth-order valence-electron chi connectivity index (χ4n) is 5.43. The van der Waals surface area contributed by atoms with E-state index in [9.17, 15) is 14.7 Å². The monoisotopic (exact) mass is 477 g/mol. The van der Waals surface area contributed by atoms with Crippen molar-refractivity contribution in [2.75, 3.05) is 26.2 Å². The molecule has 0 bridgehead atoms. The van der Waals surface area contributed by atoms with Crippen LogP contribution in [0.3, 0.4) is 0 Å². The van der Waals surface area contributed by atoms with Crippen LogP contribution in [0, 0.1) is 11.3 Å². The molecule has 5 rings (SSSR count). The van der Waals surface area contributed by atoms with Crippen molar-refractivity contribution >= 4 is 17.8 Å². The van der Waals surface area contributed by atoms with E-state index in [1.165, 1.54) is 4.90 Å². The minimum Gasteiger partial charge on any atom is -0.457 e. The van der Waals surface area contributed by atoms with Gasteiger partial charge in [0.15, 0.2) is 5.96 Å². The van der Waals surface area contributed by atoms with Crippen LogP contribution in [-0.2, 0) is 15.2 Å². The molecular formula is C26H31N5O4. The Morgan fingerprint density at radius 3 is 2.23 bits per heavy atom. The lowest BCUT2D eigenvalue weighted by atomic mass is 9.82. The number of para-hydroxylation sites is 2. The summed E-state index contributed by atoms with van der Waals surface area (Å²) in [5.74, 6) is 0.550. The van der Waals surface area contributed by atoms with Crippen molar-refractivity contribution in [3.05, 3.63) is 59.7 Å². The van der Waals surface area contributed by atoms with Gasteiger partial charge in [0, 0.05) is 37.3 Å². The number of benzene rings is 2. The number of carbonyl (C=O) groups excluding carboxylic acids is 2. The van der Waals surface area contributed by atoms with Gasteiger partial charge in [-0.2, -0.15) is 0 Å². The summed E-state index contributed by atoms with van der Waals surface area (Å²) in [7, 11) is 0. The highest BCUT2D eigenvalue weighted by molar-refractivity contribution is 5.96. The third kappa shape index (κ3) is 4.10. The first-order chi connectivity index (χ1) is 16.9. The van der Waals surface area contributed by atoms with Crippen LogP contribution in [0.1, 0.15) is 36.8 Å². The maximum absolute atomic E-state index is 14.0. The smallest absolute Gasteiger partial charge is 0.264 e. The summed E-state index contributed by atoms with van der Waals surface area (Å²) >= 11 is 0. The number of fused-ring (bicyclic) bond motifs is 2. The van der Waals surface area contributed by atoms with Crippen molar-refractivity contribution in [1.29, 1.82) is 5.41 Å². The number of nitrogens with two attached hydrogens (primary N) is 1. The summed E-state index contributed by atoms with van der Waals surface area (Å²) in [6.45, 7) is 2.34. The van der Waals surface area contributed by atoms with E-state index >= 15 is 0 Å². The second-order valence-electron chi connectivity index (χ2n) is 9.52. The van der Waals surface area contributed by atoms with Crippen molar-refractivity contribution in [2.24, 2.45) is 11.7 Å². The molecule has 2 saturated heterocycles. The predicted octanol–water partition coefficient (Wildman–Crippen LogP) is 1.74. The summed E-state index contributed by atoms with van der Waals surface area (Å²) in [4.78, 5) is 30.5. The number of carbonyl (C=O) groups is 2. The van der Waals surface area contributed by atoms with E-state index in [2.05, 4.69) is 5.32 Å². The molecular weight excluding hydrogens is 446 g/mol. The molecule has 0 saturated carbocycles. The molecule has 1 unspecified atom stereocenters. The molecule has 2 aromatic carbocycles. The number of likely N-dealkylation sites (tertiary alicyclic amines) is 2. The van der Waals surface area contributed by atoms with Gasteiger partial charge in [-0.3, -0.25) is 15.0 Å². The number of guanidine groups is 1. The first-order valence-corrected chi connectivity index (χ1v) is 12.2. The van der Waals surface area contributed by atoms with Crippen molar-refractivity contribution < 1.29 is 19.4 Å². The van der Waals surface area contributed by atoms with Gasteiger partial charge in [-0.1, -0.05) is 36.4 Å². The summed E-state index contributed by atoms with van der Waals surface area (Å²) < 4.78 is 5.95. The second-order valence-corrected chi connectivity index (χ2v) is 9.52. The number of ether oxygens (including phenoxy) is 1. The number of piperidine rings is 1. The molecule has 35 heavy (non-hydrogen) atoms. The molecule has 3 aliphatic heterocycles. The van der Waals surface area contributed by atoms with E-state index in [1.54, 1.807) is 48.5 Å². The highest BCUT2D eigenvalue weighted by atomic mass is 16.5. The molecule has 9 nitrogen and oxygen atoms in total. The molecule has 184 valence electrons. The fraction of sp³-hybridized carbons (Fsp3) is 0.423. The predicted molar refractivity (Wildman–Crippen MR) is 130 cm³/mol. The number of nitrogens with one attached hydrogen (secondary N) is 2. The number of hydrogen-bond donors (Lipinski definition) is 4. The molecule has 0 radical (unpaired) electrons. The lowest BCUT2D eigenvalue weighted by Crippen LogP contribution is -2.54. The van der Waals surface area contributed by atoms with Crippen LogP contribution < -0.4 is 15.8 Å². The molecule has 9 heteroatoms. The molecule has 2 aromatic rings. The highest BCUT2D eigenvalue weighted by Crippen LogP contribution is 2.48. The Morgan fingerprint density at radius 2 is 1.63 bits per heavy atom. The van der Waals surface area contributed by atoms with Gasteiger partial charge in [-0.05, 0) is 43.7 Å². The van der Waals surface area contributed by atoms with Crippen molar-refractivity contribution in [2.45, 2.75) is 37.3 Å². The lowest BCUT2D eigenvalue weighted by molar-refractivity contribution is -0.152. The molecule has 2 fully saturated rings. The molecule has 0 spiro atoms. The zero-order valence-electron chi connectivity index (χ0n) is 19.6. The minimum atomic E-state index is -1.94. The van der Waals surface area contributed by atoms with E-state index in [0.29, 0.717) is 67.6 Å². The number of hydrogen-bond acceptors (Lipinski definition) is 5. The Labute approximate surface area is 204 Å². The number of rotatable bonds is 4. The number of nitrogens with zero attached hydrogens (tertiary/aromatic N) is 2. The van der Waals surface area contributed by atoms with Gasteiger partial charge in [0.25, 0.3) is 5.91 Å². The summed E-state index contributed by atoms with van der Waals surface area (Å²) in [5, 5.41) is 22.6. The third-order valence-electron chi connectivity index (χ3n) is 7.42. The first-order valence-electron chi connectivity index (χ1n) is 12.2. The van der Waals surface area contributed by atoms with Crippen LogP contribution in [0.15, 0.2) is 48.5 Å². The first kappa shape index (κ1) is 23.2. The topological polar surface area (TPSA) is 132 Å². The molecule has 3 aliphatic rings. The van der Waals surface area contributed by atoms with Crippen LogP contribution in [0.4, 0.5) is 0 Å². The molecule has 1 atom stereocenters. The Hall–Kier alpha value is -3.59. The van der Waals surface area contributed by atoms with Crippen molar-refractivity contribution in [1.82, 2.24) is 15.1 Å². The average molecular weight is 478 g/mol. The maximum Gasteiger partial charge on any atom is 0.264 e. The summed E-state index contributed by atoms with van der Waals surface area (Å²) in [6.07, 6.45) is 2.94. The largest absolute Gasteiger partial charge is 0.457 e. The Morgan fingerprint density at radius 1 is 1.03 bits per heavy atom. The Balaban J connectivity index is 1.33. The molecule has 5 N–H and O–H groups in total. The van der Waals surface area contributed by atoms with Crippen LogP contribution in [0.25, 0.3) is 0 Å². The SMILES string of the molecule is N=C(N)N1CCC(CNC(=O)C2CCCN2C(=O)C2(O)c3ccccc3Oc3ccccc32)CC1. The van der Waals surface area contributed by atoms with Gasteiger partial charge in [0.1, 0.15) is 17.5 Å². The number of amides is 2. The van der Waals surface area contributed by atoms with Crippen molar-refractivity contribution in [3.8, 4) is 11.5 Å². The third-order valence-corrected chi connectivity index (χ3v) is 7.42. The van der Waals surface area contributed by atoms with Gasteiger partial charge in [-0.25, -0.2) is 0 Å². The zero-order valence-corrected chi connectivity index (χ0v) is 19.6. The maximum atomic E-state index is 14.0. The van der Waals surface area contributed by atoms with E-state index in [1.807, 2.05) is 4.90 Å². The molecule has 3 heterocycles. The van der Waals surface area contributed by atoms with Gasteiger partial charge >= 0.3 is 0 Å². The van der Waals surface area contributed by atoms with Gasteiger partial charge < -0.3 is 30.7 Å². The van der Waals surface area contributed by atoms with Crippen LogP contribution in [-0.4, -0.2) is 64.9 Å². The van der Waals surface area contributed by atoms with Crippen molar-refractivity contribution in [3.63, 3.8) is 0 Å². The Kier molecular flexibility index (Phi) is 6.10. The summed E-state index contributed by atoms with van der Waals surface area (Å²) in [5.41, 5.74) is 4.39. The van der Waals surface area contributed by atoms with Crippen LogP contribution in [0.5, 0.6) is 11.5 Å². The van der Waals surface area contributed by atoms with Crippen LogP contribution >= 0.6 is 0 Å². The zero-order chi connectivity index (χ0) is 24.6. The quantitative estimate of drug-likeness (QED) is 0.392. The standard InChI is InChI=1S/C26H31N5O4/c27-25(28)30-14-11-17(12-15-30)16-29-23(32)20-8-5-13-31(20)24(33)26(34)18-6-1-3-9-21(18)35-22-10-4-2-7-19(22)26/h1-4,6-7,9-10,17,20,34H,5,8,11-16H2,(H3,27,28)(H,29,32). The minimum absolute atomic E-state index is 0.0850. The van der Waals surface area contributed by atoms with Crippen LogP contribution in [0.2, 0.25) is 0 Å². The number of aliphatic hydroxyl groups is 1. The lowest BCUT2D eigenvalue weighted by Gasteiger charge is -2.38. The van der Waals surface area contributed by atoms with E-state index < -0.39 is 17.6 Å². The normalized spacial score (nSPS) is 21.0. The summed E-state index contributed by atoms with van der Waals surface area (Å²) in [6, 6.07) is 13.3. The van der Waals surface area contributed by atoms with Gasteiger partial charge in [0.05, 0.1) is 0 Å². The molecule has 2 amide bonds. The second kappa shape index (κ2) is 9.22.